The number of nitrogens with zero attached hydrogens (tertiary/aromatic N) is 6. The monoisotopic (exact) mass is 1530 g/mol. The van der Waals surface area contributed by atoms with Crippen molar-refractivity contribution in [2.75, 3.05) is 0 Å². The van der Waals surface area contributed by atoms with E-state index in [2.05, 4.69) is 126 Å². The van der Waals surface area contributed by atoms with Crippen LogP contribution in [0.3, 0.4) is 0 Å². The van der Waals surface area contributed by atoms with Crippen LogP contribution in [0.25, 0.3) is 30.0 Å². The second kappa shape index (κ2) is 48.4. The predicted octanol–water partition coefficient (Wildman–Crippen LogP) is 25.4. The van der Waals surface area contributed by atoms with E-state index in [0.29, 0.717) is 0 Å². The minimum Gasteiger partial charge on any atom is -0.239 e. The van der Waals surface area contributed by atoms with Gasteiger partial charge in [-0.1, -0.05) is 192 Å². The van der Waals surface area contributed by atoms with Gasteiger partial charge in [0, 0.05) is 68.2 Å². The Morgan fingerprint density at radius 3 is 0.896 bits per heavy atom. The van der Waals surface area contributed by atoms with Crippen molar-refractivity contribution in [2.24, 2.45) is 0 Å². The number of aromatic nitrogens is 6. The van der Waals surface area contributed by atoms with Gasteiger partial charge in [0.15, 0.2) is 34.3 Å². The van der Waals surface area contributed by atoms with Crippen LogP contribution in [0.2, 0.25) is 0 Å². The van der Waals surface area contributed by atoms with Crippen LogP contribution < -0.4 is 0 Å². The Morgan fingerprint density at radius 1 is 0.364 bits per heavy atom. The van der Waals surface area contributed by atoms with Gasteiger partial charge in [0.25, 0.3) is 0 Å². The molecule has 0 atom stereocenters. The Labute approximate surface area is 550 Å². The zero-order chi connectivity index (χ0) is 55.9. The molecule has 0 saturated carbocycles. The third kappa shape index (κ3) is 32.9. The normalized spacial score (nSPS) is 10.8. The fraction of sp³-hybridized carbons (Fsp3) is 0.684. The molecule has 0 aliphatic carbocycles. The molecular formula is C57H87Br4Cl3N6S6Zn. The number of alkyl halides is 3. The maximum absolute atomic E-state index is 4.91. The Balaban J connectivity index is 0.000000545. The molecular weight excluding hydrogens is 1450 g/mol. The van der Waals surface area contributed by atoms with E-state index in [1.54, 1.807) is 45.3 Å². The van der Waals surface area contributed by atoms with Gasteiger partial charge >= 0.3 is 0 Å². The van der Waals surface area contributed by atoms with Gasteiger partial charge in [0.1, 0.15) is 0 Å². The van der Waals surface area contributed by atoms with Gasteiger partial charge < -0.3 is 0 Å². The summed E-state index contributed by atoms with van der Waals surface area (Å²) in [6.07, 6.45) is 37.7. The van der Waals surface area contributed by atoms with Crippen LogP contribution in [0, 0.1) is 13.8 Å². The van der Waals surface area contributed by atoms with Crippen molar-refractivity contribution in [3.05, 3.63) is 62.3 Å². The molecule has 432 valence electrons. The summed E-state index contributed by atoms with van der Waals surface area (Å²) in [6, 6.07) is 0. The fourth-order valence-corrected chi connectivity index (χ4v) is 14.9. The first-order chi connectivity index (χ1) is 36.9. The van der Waals surface area contributed by atoms with E-state index < -0.39 is 4.30 Å². The molecule has 0 N–H and O–H groups in total. The summed E-state index contributed by atoms with van der Waals surface area (Å²) in [5.41, 5.74) is 7.47. The van der Waals surface area contributed by atoms with Gasteiger partial charge in [-0.15, -0.1) is 68.0 Å². The third-order valence-electron chi connectivity index (χ3n) is 12.4. The molecule has 6 aromatic heterocycles. The number of halogens is 7. The predicted molar refractivity (Wildman–Crippen MR) is 361 cm³/mol. The Morgan fingerprint density at radius 2 is 0.610 bits per heavy atom. The summed E-state index contributed by atoms with van der Waals surface area (Å²) in [4.78, 5) is 31.8. The molecule has 0 aromatic carbocycles. The number of hydrogen-bond acceptors (Lipinski definition) is 12. The summed E-state index contributed by atoms with van der Waals surface area (Å²) in [7, 11) is 0. The van der Waals surface area contributed by atoms with Gasteiger partial charge in [-0.25, -0.2) is 29.9 Å². The van der Waals surface area contributed by atoms with Crippen molar-refractivity contribution in [2.45, 2.75) is 252 Å². The first kappa shape index (κ1) is 76.2. The maximum Gasteiger partial charge on any atom is 0.180 e. The Kier molecular flexibility index (Phi) is 47.9. The minimum atomic E-state index is -0.750. The van der Waals surface area contributed by atoms with E-state index in [0.717, 1.165) is 68.6 Å². The maximum atomic E-state index is 4.91. The Bertz CT molecular complexity index is 2080. The van der Waals surface area contributed by atoms with Crippen molar-refractivity contribution in [1.82, 2.24) is 29.9 Å². The van der Waals surface area contributed by atoms with Gasteiger partial charge in [-0.3, -0.25) is 0 Å². The van der Waals surface area contributed by atoms with Gasteiger partial charge in [0.2, 0.25) is 0 Å². The standard InChI is InChI=1S/C20H32N2S2.C18H26Br2N2S2.C18H28N2S2.CHCl3.Br2.Zn/c1-5-7-9-11-13-17-15(3)23-19(21-17)20-22-18(16(4)24-20)14-12-10-8-6-2;1-3-5-7-9-11-13-15(19)23-17(21-13)18-22-14(16(20)24-18)12-10-8-6-4-2;1-3-5-7-9-11-15-13-21-17(19-15)18-20-16(14-22-18)12-10-8-6-4-2;2-1(3)4;1-2;/h5-14H2,1-4H3;3-12H2,1-2H3;13-14H,3-12H2,1-2H3;1H;;. The van der Waals surface area contributed by atoms with E-state index in [-0.39, 0.29) is 19.5 Å². The molecule has 0 aliphatic rings. The number of aryl methyl sites for hydroxylation is 8. The van der Waals surface area contributed by atoms with Crippen LogP contribution >= 0.6 is 163 Å². The van der Waals surface area contributed by atoms with Crippen molar-refractivity contribution < 1.29 is 19.5 Å². The molecule has 0 bridgehead atoms. The molecule has 6 rings (SSSR count). The molecule has 20 heteroatoms. The smallest absolute Gasteiger partial charge is 0.180 e. The Hall–Kier alpha value is 1.19. The number of thiazole rings is 6. The molecule has 0 fully saturated rings. The molecule has 0 aliphatic heterocycles. The van der Waals surface area contributed by atoms with Gasteiger partial charge in [-0.2, -0.15) is 0 Å². The van der Waals surface area contributed by atoms with Crippen LogP contribution in [0.1, 0.15) is 240 Å². The molecule has 0 amide bonds. The van der Waals surface area contributed by atoms with Crippen molar-refractivity contribution >= 4 is 163 Å². The average molecular weight is 1540 g/mol. The van der Waals surface area contributed by atoms with E-state index in [4.69, 9.17) is 64.7 Å². The molecule has 0 unspecified atom stereocenters. The summed E-state index contributed by atoms with van der Waals surface area (Å²) >= 11 is 37.9. The zero-order valence-electron chi connectivity index (χ0n) is 47.4. The molecule has 6 heterocycles. The molecule has 6 nitrogen and oxygen atoms in total. The summed E-state index contributed by atoms with van der Waals surface area (Å²) < 4.78 is 1.59. The first-order valence-corrected chi connectivity index (χ1v) is 39.7. The molecule has 0 saturated heterocycles. The van der Waals surface area contributed by atoms with Crippen molar-refractivity contribution in [1.29, 1.82) is 0 Å². The van der Waals surface area contributed by atoms with E-state index in [1.165, 1.54) is 206 Å². The average Bonchev–Trinajstić information content (AvgIpc) is 4.30. The molecule has 77 heavy (non-hydrogen) atoms. The first-order valence-electron chi connectivity index (χ1n) is 28.1. The van der Waals surface area contributed by atoms with Crippen molar-refractivity contribution in [3.63, 3.8) is 0 Å². The van der Waals surface area contributed by atoms with Crippen LogP contribution in [0.5, 0.6) is 0 Å². The summed E-state index contributed by atoms with van der Waals surface area (Å²) in [6.45, 7) is 17.9. The number of unbranched alkanes of at least 4 members (excludes halogenated alkanes) is 18. The van der Waals surface area contributed by atoms with Gasteiger partial charge in [0.05, 0.1) is 41.7 Å². The second-order valence-electron chi connectivity index (χ2n) is 18.9. The SMILES string of the molecule is BrBr.CCCCCCc1csc(-c2nc(CCCCCC)cs2)n1.CCCCCCc1nc(-c2nc(CCCCCC)c(Br)s2)sc1Br.CCCCCCc1nc(-c2nc(CCCCCC)c(C)s2)sc1C.ClC(Cl)Cl.[Zn]. The minimum absolute atomic E-state index is 0. The van der Waals surface area contributed by atoms with E-state index in [1.807, 2.05) is 22.7 Å². The largest absolute Gasteiger partial charge is 0.239 e. The molecule has 6 aromatic rings. The van der Waals surface area contributed by atoms with E-state index >= 15 is 0 Å². The van der Waals surface area contributed by atoms with Gasteiger partial charge in [-0.05, 0) is 123 Å². The van der Waals surface area contributed by atoms with Crippen LogP contribution in [-0.4, -0.2) is 34.2 Å². The summed E-state index contributed by atoms with van der Waals surface area (Å²) in [5.74, 6) is 0. The van der Waals surface area contributed by atoms with E-state index in [9.17, 15) is 0 Å². The number of hydrogen-bond donors (Lipinski definition) is 0. The van der Waals surface area contributed by atoms with Crippen LogP contribution in [0.4, 0.5) is 0 Å². The third-order valence-corrected chi connectivity index (χ3v) is 20.3. The second-order valence-corrected chi connectivity index (χ2v) is 29.7. The molecule has 0 spiro atoms. The zero-order valence-corrected chi connectivity index (χ0v) is 63.9. The fourth-order valence-electron chi connectivity index (χ4n) is 8.04. The van der Waals surface area contributed by atoms with Crippen LogP contribution in [0.15, 0.2) is 18.3 Å². The summed E-state index contributed by atoms with van der Waals surface area (Å²) in [5, 5.41) is 11.0. The number of rotatable bonds is 33. The quantitative estimate of drug-likeness (QED) is 0.0232. The molecule has 0 radical (unpaired) electrons. The topological polar surface area (TPSA) is 77.3 Å². The van der Waals surface area contributed by atoms with Crippen LogP contribution in [-0.2, 0) is 58.0 Å². The van der Waals surface area contributed by atoms with Crippen molar-refractivity contribution in [3.8, 4) is 30.0 Å².